The minimum absolute atomic E-state index is 0.112. The van der Waals surface area contributed by atoms with Gasteiger partial charge in [0.2, 0.25) is 0 Å². The molecule has 0 saturated carbocycles. The molecule has 5 heteroatoms. The van der Waals surface area contributed by atoms with Gasteiger partial charge in [-0.3, -0.25) is 4.98 Å². The number of nitrogens with two attached hydrogens (primary N) is 1. The van der Waals surface area contributed by atoms with Crippen molar-refractivity contribution in [1.82, 2.24) is 4.98 Å². The lowest BCUT2D eigenvalue weighted by molar-refractivity contribution is 0.449. The number of hydrogen-bond acceptors (Lipinski definition) is 2. The van der Waals surface area contributed by atoms with E-state index in [9.17, 15) is 13.2 Å². The second kappa shape index (κ2) is 4.08. The van der Waals surface area contributed by atoms with Crippen LogP contribution in [0.2, 0.25) is 0 Å². The van der Waals surface area contributed by atoms with Crippen molar-refractivity contribution >= 4 is 5.69 Å². The average Bonchev–Trinajstić information content (AvgIpc) is 2.31. The highest BCUT2D eigenvalue weighted by Gasteiger charge is 2.17. The number of benzene rings is 1. The largest absolute Gasteiger partial charge is 0.397 e. The predicted octanol–water partition coefficient (Wildman–Crippen LogP) is 3.06. The first-order valence-corrected chi connectivity index (χ1v) is 4.87. The van der Waals surface area contributed by atoms with Crippen molar-refractivity contribution in [3.63, 3.8) is 0 Å². The maximum Gasteiger partial charge on any atom is 0.195 e. The van der Waals surface area contributed by atoms with Crippen molar-refractivity contribution in [3.05, 3.63) is 47.4 Å². The van der Waals surface area contributed by atoms with Crippen molar-refractivity contribution in [3.8, 4) is 11.3 Å². The van der Waals surface area contributed by atoms with Gasteiger partial charge in [0.1, 0.15) is 0 Å². The molecule has 0 saturated heterocycles. The molecule has 0 radical (unpaired) electrons. The van der Waals surface area contributed by atoms with Gasteiger partial charge in [-0.1, -0.05) is 0 Å². The number of anilines is 1. The van der Waals surface area contributed by atoms with Gasteiger partial charge in [0, 0.05) is 11.8 Å². The zero-order chi connectivity index (χ0) is 12.6. The Hall–Kier alpha value is -2.04. The first-order chi connectivity index (χ1) is 8.02. The van der Waals surface area contributed by atoms with Crippen molar-refractivity contribution < 1.29 is 13.2 Å². The Balaban J connectivity index is 2.69. The fourth-order valence-corrected chi connectivity index (χ4v) is 1.49. The summed E-state index contributed by atoms with van der Waals surface area (Å²) in [6.45, 7) is 1.72. The summed E-state index contributed by atoms with van der Waals surface area (Å²) in [7, 11) is 0. The van der Waals surface area contributed by atoms with E-state index in [1.165, 1.54) is 6.20 Å². The zero-order valence-corrected chi connectivity index (χ0v) is 8.97. The lowest BCUT2D eigenvalue weighted by atomic mass is 10.1. The van der Waals surface area contributed by atoms with E-state index in [1.807, 2.05) is 0 Å². The van der Waals surface area contributed by atoms with Gasteiger partial charge in [-0.15, -0.1) is 0 Å². The molecule has 0 amide bonds. The molecule has 0 spiro atoms. The molecule has 0 fully saturated rings. The van der Waals surface area contributed by atoms with Gasteiger partial charge in [-0.05, 0) is 30.7 Å². The Kier molecular flexibility index (Phi) is 2.75. The normalized spacial score (nSPS) is 10.6. The fraction of sp³-hybridized carbons (Fsp3) is 0.0833. The first kappa shape index (κ1) is 11.4. The van der Waals surface area contributed by atoms with Crippen LogP contribution in [-0.4, -0.2) is 4.98 Å². The molecular formula is C12H9F3N2. The van der Waals surface area contributed by atoms with Gasteiger partial charge >= 0.3 is 0 Å². The van der Waals surface area contributed by atoms with Crippen LogP contribution in [0.4, 0.5) is 18.9 Å². The Morgan fingerprint density at radius 3 is 2.47 bits per heavy atom. The molecule has 17 heavy (non-hydrogen) atoms. The van der Waals surface area contributed by atoms with E-state index in [0.29, 0.717) is 5.56 Å². The average molecular weight is 238 g/mol. The maximum absolute atomic E-state index is 13.5. The predicted molar refractivity (Wildman–Crippen MR) is 58.7 cm³/mol. The van der Waals surface area contributed by atoms with Gasteiger partial charge in [-0.2, -0.15) is 0 Å². The molecule has 88 valence electrons. The topological polar surface area (TPSA) is 38.9 Å². The second-order valence-corrected chi connectivity index (χ2v) is 3.61. The van der Waals surface area contributed by atoms with E-state index in [0.717, 1.165) is 12.1 Å². The van der Waals surface area contributed by atoms with Gasteiger partial charge < -0.3 is 5.73 Å². The van der Waals surface area contributed by atoms with Crippen molar-refractivity contribution in [2.24, 2.45) is 0 Å². The summed E-state index contributed by atoms with van der Waals surface area (Å²) < 4.78 is 39.4. The minimum atomic E-state index is -1.52. The Morgan fingerprint density at radius 1 is 1.06 bits per heavy atom. The Morgan fingerprint density at radius 2 is 1.76 bits per heavy atom. The first-order valence-electron chi connectivity index (χ1n) is 4.87. The monoisotopic (exact) mass is 238 g/mol. The third-order valence-electron chi connectivity index (χ3n) is 2.50. The molecule has 2 aromatic rings. The van der Waals surface area contributed by atoms with Crippen LogP contribution in [0.15, 0.2) is 24.4 Å². The van der Waals surface area contributed by atoms with E-state index < -0.39 is 17.5 Å². The van der Waals surface area contributed by atoms with Gasteiger partial charge in [0.05, 0.1) is 11.4 Å². The number of halogens is 3. The van der Waals surface area contributed by atoms with Crippen LogP contribution >= 0.6 is 0 Å². The van der Waals surface area contributed by atoms with Gasteiger partial charge in [-0.25, -0.2) is 13.2 Å². The van der Waals surface area contributed by atoms with Crippen LogP contribution in [0.3, 0.4) is 0 Å². The van der Waals surface area contributed by atoms with Crippen LogP contribution in [0.1, 0.15) is 5.56 Å². The lowest BCUT2D eigenvalue weighted by Gasteiger charge is -2.08. The number of aromatic nitrogens is 1. The number of hydrogen-bond donors (Lipinski definition) is 1. The van der Waals surface area contributed by atoms with E-state index in [2.05, 4.69) is 4.98 Å². The molecule has 0 aliphatic carbocycles. The third kappa shape index (κ3) is 1.84. The summed E-state index contributed by atoms with van der Waals surface area (Å²) in [5, 5.41) is 0. The Labute approximate surface area is 95.9 Å². The number of rotatable bonds is 1. The van der Waals surface area contributed by atoms with Crippen LogP contribution in [0.5, 0.6) is 0 Å². The molecule has 1 heterocycles. The highest BCUT2D eigenvalue weighted by atomic mass is 19.2. The number of nitrogen functional groups attached to an aromatic ring is 1. The molecule has 1 aromatic heterocycles. The fourth-order valence-electron chi connectivity index (χ4n) is 1.49. The van der Waals surface area contributed by atoms with Gasteiger partial charge in [0.15, 0.2) is 17.5 Å². The number of nitrogens with zero attached hydrogens (tertiary/aromatic N) is 1. The van der Waals surface area contributed by atoms with Crippen molar-refractivity contribution in [2.75, 3.05) is 5.73 Å². The summed E-state index contributed by atoms with van der Waals surface area (Å²) in [4.78, 5) is 3.89. The summed E-state index contributed by atoms with van der Waals surface area (Å²) in [5.74, 6) is -4.04. The lowest BCUT2D eigenvalue weighted by Crippen LogP contribution is -2.00. The molecule has 1 aromatic carbocycles. The van der Waals surface area contributed by atoms with Crippen LogP contribution in [0, 0.1) is 24.4 Å². The molecule has 0 unspecified atom stereocenters. The van der Waals surface area contributed by atoms with E-state index in [-0.39, 0.29) is 16.9 Å². The van der Waals surface area contributed by atoms with Crippen molar-refractivity contribution in [2.45, 2.75) is 6.92 Å². The highest BCUT2D eigenvalue weighted by Crippen LogP contribution is 2.29. The van der Waals surface area contributed by atoms with Crippen LogP contribution in [-0.2, 0) is 0 Å². The quantitative estimate of drug-likeness (QED) is 0.775. The summed E-state index contributed by atoms with van der Waals surface area (Å²) in [6, 6.07) is 3.61. The molecule has 0 aliphatic rings. The second-order valence-electron chi connectivity index (χ2n) is 3.61. The SMILES string of the molecule is Cc1ccnc(-c2ccc(F)c(F)c2F)c1N. The molecule has 2 N–H and O–H groups in total. The number of aryl methyl sites for hydroxylation is 1. The van der Waals surface area contributed by atoms with Crippen LogP contribution < -0.4 is 5.73 Å². The summed E-state index contributed by atoms with van der Waals surface area (Å²) in [6.07, 6.45) is 1.43. The van der Waals surface area contributed by atoms with Crippen LogP contribution in [0.25, 0.3) is 11.3 Å². The van der Waals surface area contributed by atoms with E-state index in [4.69, 9.17) is 5.73 Å². The smallest absolute Gasteiger partial charge is 0.195 e. The molecule has 0 aliphatic heterocycles. The Bertz CT molecular complexity index is 582. The zero-order valence-electron chi connectivity index (χ0n) is 8.97. The van der Waals surface area contributed by atoms with E-state index >= 15 is 0 Å². The summed E-state index contributed by atoms with van der Waals surface area (Å²) in [5.41, 5.74) is 6.63. The third-order valence-corrected chi connectivity index (χ3v) is 2.50. The molecule has 2 nitrogen and oxygen atoms in total. The van der Waals surface area contributed by atoms with Gasteiger partial charge in [0.25, 0.3) is 0 Å². The molecule has 0 bridgehead atoms. The molecule has 0 atom stereocenters. The van der Waals surface area contributed by atoms with E-state index in [1.54, 1.807) is 13.0 Å². The number of pyridine rings is 1. The summed E-state index contributed by atoms with van der Waals surface area (Å²) >= 11 is 0. The molecule has 2 rings (SSSR count). The highest BCUT2D eigenvalue weighted by molar-refractivity contribution is 5.74. The molecular weight excluding hydrogens is 229 g/mol. The standard InChI is InChI=1S/C12H9F3N2/c1-6-4-5-17-12(11(6)16)7-2-3-8(13)10(15)9(7)14/h2-5H,16H2,1H3. The minimum Gasteiger partial charge on any atom is -0.397 e. The maximum atomic E-state index is 13.5. The van der Waals surface area contributed by atoms with Crippen molar-refractivity contribution in [1.29, 1.82) is 0 Å².